The third-order valence-corrected chi connectivity index (χ3v) is 9.53. The molecule has 188 valence electrons. The van der Waals surface area contributed by atoms with Gasteiger partial charge in [-0.05, 0) is 73.7 Å². The number of anilines is 1. The van der Waals surface area contributed by atoms with E-state index in [0.29, 0.717) is 21.8 Å². The molecule has 3 aromatic carbocycles. The van der Waals surface area contributed by atoms with E-state index >= 15 is 0 Å². The van der Waals surface area contributed by atoms with E-state index in [-0.39, 0.29) is 9.77 Å². The summed E-state index contributed by atoms with van der Waals surface area (Å²) in [4.78, 5) is 15.0. The molecule has 36 heavy (non-hydrogen) atoms. The van der Waals surface area contributed by atoms with Crippen LogP contribution in [0.25, 0.3) is 10.2 Å². The molecule has 0 radical (unpaired) electrons. The Hall–Kier alpha value is -2.65. The molecule has 1 saturated heterocycles. The summed E-state index contributed by atoms with van der Waals surface area (Å²) >= 11 is 7.31. The lowest BCUT2D eigenvalue weighted by molar-refractivity contribution is 0.566. The van der Waals surface area contributed by atoms with Crippen LogP contribution in [0.5, 0.6) is 0 Å². The standard InChI is InChI=1S/C27H28ClN3O3S2/c1-19(20-9-11-22(12-10-20)30-15-5-2-6-16-30)29-36(33,34)23-13-14-25-26(17-23)35-27(32)31(25)18-21-7-3-4-8-24(21)28/h3-4,7-14,17,19,29H,2,5-6,15-16,18H2,1H3. The van der Waals surface area contributed by atoms with Gasteiger partial charge in [-0.3, -0.25) is 9.36 Å². The molecule has 0 spiro atoms. The van der Waals surface area contributed by atoms with Gasteiger partial charge in [0.25, 0.3) is 0 Å². The average molecular weight is 542 g/mol. The molecule has 9 heteroatoms. The Bertz CT molecular complexity index is 1540. The lowest BCUT2D eigenvalue weighted by atomic mass is 10.1. The highest BCUT2D eigenvalue weighted by Crippen LogP contribution is 2.26. The molecule has 0 aliphatic carbocycles. The molecule has 1 fully saturated rings. The van der Waals surface area contributed by atoms with Crippen LogP contribution in [0.1, 0.15) is 43.4 Å². The van der Waals surface area contributed by atoms with Crippen LogP contribution in [0.2, 0.25) is 5.02 Å². The van der Waals surface area contributed by atoms with Crippen LogP contribution < -0.4 is 14.5 Å². The number of nitrogens with one attached hydrogen (secondary N) is 1. The Morgan fingerprint density at radius 2 is 1.72 bits per heavy atom. The predicted molar refractivity (Wildman–Crippen MR) is 148 cm³/mol. The van der Waals surface area contributed by atoms with Crippen molar-refractivity contribution in [3.63, 3.8) is 0 Å². The maximum absolute atomic E-state index is 13.2. The van der Waals surface area contributed by atoms with E-state index in [1.807, 2.05) is 37.3 Å². The zero-order valence-electron chi connectivity index (χ0n) is 20.0. The quantitative estimate of drug-likeness (QED) is 0.321. The Kier molecular flexibility index (Phi) is 7.21. The Balaban J connectivity index is 1.34. The van der Waals surface area contributed by atoms with Gasteiger partial charge in [0, 0.05) is 29.8 Å². The van der Waals surface area contributed by atoms with Gasteiger partial charge in [-0.1, -0.05) is 53.3 Å². The molecule has 0 saturated carbocycles. The first-order chi connectivity index (χ1) is 17.3. The molecular weight excluding hydrogens is 514 g/mol. The highest BCUT2D eigenvalue weighted by Gasteiger charge is 2.21. The van der Waals surface area contributed by atoms with E-state index in [4.69, 9.17) is 11.6 Å². The van der Waals surface area contributed by atoms with Crippen molar-refractivity contribution in [2.75, 3.05) is 18.0 Å². The molecule has 1 aromatic heterocycles. The highest BCUT2D eigenvalue weighted by molar-refractivity contribution is 7.89. The second-order valence-electron chi connectivity index (χ2n) is 9.16. The van der Waals surface area contributed by atoms with Crippen molar-refractivity contribution in [3.05, 3.63) is 92.5 Å². The molecule has 1 aliphatic heterocycles. The fraction of sp³-hybridized carbons (Fsp3) is 0.296. The Morgan fingerprint density at radius 1 is 1.00 bits per heavy atom. The summed E-state index contributed by atoms with van der Waals surface area (Å²) in [5.41, 5.74) is 3.59. The van der Waals surface area contributed by atoms with Gasteiger partial charge in [-0.2, -0.15) is 0 Å². The minimum absolute atomic E-state index is 0.137. The van der Waals surface area contributed by atoms with E-state index in [9.17, 15) is 13.2 Å². The summed E-state index contributed by atoms with van der Waals surface area (Å²) in [5.74, 6) is 0. The van der Waals surface area contributed by atoms with Gasteiger partial charge in [0.05, 0.1) is 21.7 Å². The molecule has 1 aliphatic rings. The Morgan fingerprint density at radius 3 is 2.44 bits per heavy atom. The van der Waals surface area contributed by atoms with Crippen LogP contribution in [0.3, 0.4) is 0 Å². The summed E-state index contributed by atoms with van der Waals surface area (Å²) in [6, 6.07) is 19.9. The number of hydrogen-bond acceptors (Lipinski definition) is 5. The lowest BCUT2D eigenvalue weighted by Gasteiger charge is -2.29. The van der Waals surface area contributed by atoms with Crippen LogP contribution in [-0.2, 0) is 16.6 Å². The highest BCUT2D eigenvalue weighted by atomic mass is 35.5. The second-order valence-corrected chi connectivity index (χ2v) is 12.3. The number of sulfonamides is 1. The summed E-state index contributed by atoms with van der Waals surface area (Å²) in [6.07, 6.45) is 3.70. The summed E-state index contributed by atoms with van der Waals surface area (Å²) < 4.78 is 31.4. The first-order valence-corrected chi connectivity index (χ1v) is 14.7. The van der Waals surface area contributed by atoms with E-state index in [1.54, 1.807) is 28.8 Å². The van der Waals surface area contributed by atoms with E-state index in [1.165, 1.54) is 24.9 Å². The summed E-state index contributed by atoms with van der Waals surface area (Å²) in [7, 11) is -3.79. The first kappa shape index (κ1) is 25.0. The van der Waals surface area contributed by atoms with Crippen LogP contribution >= 0.6 is 22.9 Å². The van der Waals surface area contributed by atoms with Gasteiger partial charge >= 0.3 is 4.87 Å². The zero-order valence-corrected chi connectivity index (χ0v) is 22.4. The largest absolute Gasteiger partial charge is 0.372 e. The molecule has 0 bridgehead atoms. The number of piperidine rings is 1. The van der Waals surface area contributed by atoms with E-state index < -0.39 is 16.1 Å². The van der Waals surface area contributed by atoms with Gasteiger partial charge in [0.2, 0.25) is 10.0 Å². The monoisotopic (exact) mass is 541 g/mol. The molecule has 6 nitrogen and oxygen atoms in total. The number of benzene rings is 3. The van der Waals surface area contributed by atoms with Crippen LogP contribution in [0.15, 0.2) is 76.4 Å². The van der Waals surface area contributed by atoms with Gasteiger partial charge in [0.1, 0.15) is 0 Å². The van der Waals surface area contributed by atoms with Crippen molar-refractivity contribution >= 4 is 48.9 Å². The van der Waals surface area contributed by atoms with Crippen molar-refractivity contribution in [1.82, 2.24) is 9.29 Å². The normalized spacial score (nSPS) is 15.3. The van der Waals surface area contributed by atoms with E-state index in [2.05, 4.69) is 21.8 Å². The second kappa shape index (κ2) is 10.4. The van der Waals surface area contributed by atoms with Crippen molar-refractivity contribution in [1.29, 1.82) is 0 Å². The molecular formula is C27H28ClN3O3S2. The fourth-order valence-corrected chi connectivity index (χ4v) is 7.11. The smallest absolute Gasteiger partial charge is 0.308 e. The number of nitrogens with zero attached hydrogens (tertiary/aromatic N) is 2. The van der Waals surface area contributed by atoms with Crippen LogP contribution in [0.4, 0.5) is 5.69 Å². The maximum atomic E-state index is 13.2. The number of hydrogen-bond donors (Lipinski definition) is 1. The van der Waals surface area contributed by atoms with Crippen molar-refractivity contribution in [3.8, 4) is 0 Å². The van der Waals surface area contributed by atoms with Crippen molar-refractivity contribution in [2.45, 2.75) is 43.7 Å². The topological polar surface area (TPSA) is 71.4 Å². The number of thiazole rings is 1. The number of halogens is 1. The summed E-state index contributed by atoms with van der Waals surface area (Å²) in [6.45, 7) is 4.30. The lowest BCUT2D eigenvalue weighted by Crippen LogP contribution is -2.29. The number of rotatable bonds is 7. The maximum Gasteiger partial charge on any atom is 0.308 e. The first-order valence-electron chi connectivity index (χ1n) is 12.1. The molecule has 0 amide bonds. The van der Waals surface area contributed by atoms with Crippen molar-refractivity contribution in [2.24, 2.45) is 0 Å². The SMILES string of the molecule is CC(NS(=O)(=O)c1ccc2c(c1)sc(=O)n2Cc1ccccc1Cl)c1ccc(N2CCCCC2)cc1. The van der Waals surface area contributed by atoms with Gasteiger partial charge in [-0.15, -0.1) is 0 Å². The average Bonchev–Trinajstić information content (AvgIpc) is 3.20. The minimum Gasteiger partial charge on any atom is -0.372 e. The van der Waals surface area contributed by atoms with Crippen molar-refractivity contribution < 1.29 is 8.42 Å². The number of aromatic nitrogens is 1. The molecule has 1 N–H and O–H groups in total. The third kappa shape index (κ3) is 5.22. The molecule has 1 atom stereocenters. The Labute approximate surface area is 220 Å². The van der Waals surface area contributed by atoms with E-state index in [0.717, 1.165) is 35.6 Å². The van der Waals surface area contributed by atoms with Gasteiger partial charge < -0.3 is 4.90 Å². The molecule has 2 heterocycles. The van der Waals surface area contributed by atoms with Crippen LogP contribution in [0, 0.1) is 0 Å². The molecule has 4 aromatic rings. The minimum atomic E-state index is -3.79. The zero-order chi connectivity index (χ0) is 25.3. The number of fused-ring (bicyclic) bond motifs is 1. The fourth-order valence-electron chi connectivity index (χ4n) is 4.66. The predicted octanol–water partition coefficient (Wildman–Crippen LogP) is 5.79. The third-order valence-electron chi connectivity index (χ3n) is 6.68. The van der Waals surface area contributed by atoms with Crippen LogP contribution in [-0.4, -0.2) is 26.1 Å². The van der Waals surface area contributed by atoms with Gasteiger partial charge in [-0.25, -0.2) is 13.1 Å². The van der Waals surface area contributed by atoms with Gasteiger partial charge in [0.15, 0.2) is 0 Å². The molecule has 1 unspecified atom stereocenters. The molecule has 5 rings (SSSR count). The summed E-state index contributed by atoms with van der Waals surface area (Å²) in [5, 5.41) is 0.588.